The second-order valence-corrected chi connectivity index (χ2v) is 2.31. The summed E-state index contributed by atoms with van der Waals surface area (Å²) < 4.78 is 0. The van der Waals surface area contributed by atoms with E-state index in [1.54, 1.807) is 13.1 Å². The molecule has 0 radical (unpaired) electrons. The van der Waals surface area contributed by atoms with E-state index in [2.05, 4.69) is 4.99 Å². The third-order valence-electron chi connectivity index (χ3n) is 0.646. The van der Waals surface area contributed by atoms with Crippen molar-refractivity contribution in [3.63, 3.8) is 0 Å². The van der Waals surface area contributed by atoms with Gasteiger partial charge in [-0.25, -0.2) is 0 Å². The van der Waals surface area contributed by atoms with E-state index in [0.717, 1.165) is 0 Å². The van der Waals surface area contributed by atoms with Gasteiger partial charge in [-0.05, 0) is 12.8 Å². The van der Waals surface area contributed by atoms with E-state index >= 15 is 0 Å². The van der Waals surface area contributed by atoms with Gasteiger partial charge in [-0.2, -0.15) is 0 Å². The smallest absolute Gasteiger partial charge is 0.107 e. The molecule has 0 saturated heterocycles. The Bertz CT molecular complexity index is 122. The summed E-state index contributed by atoms with van der Waals surface area (Å²) in [6.07, 6.45) is 3.21. The van der Waals surface area contributed by atoms with E-state index < -0.39 is 0 Å². The minimum atomic E-state index is 0.243. The van der Waals surface area contributed by atoms with Gasteiger partial charge in [0.2, 0.25) is 0 Å². The van der Waals surface area contributed by atoms with Gasteiger partial charge in [0.05, 0.1) is 6.20 Å². The Kier molecular flexibility index (Phi) is 10.8. The highest BCUT2D eigenvalue weighted by Gasteiger charge is 1.81. The first-order chi connectivity index (χ1) is 5.13. The van der Waals surface area contributed by atoms with Gasteiger partial charge in [0.25, 0.3) is 0 Å². The predicted octanol–water partition coefficient (Wildman–Crippen LogP) is 3.16. The summed E-state index contributed by atoms with van der Waals surface area (Å²) in [5.41, 5.74) is 0. The Morgan fingerprint density at radius 1 is 1.36 bits per heavy atom. The summed E-state index contributed by atoms with van der Waals surface area (Å²) >= 11 is 0. The van der Waals surface area contributed by atoms with Crippen LogP contribution >= 0.6 is 0 Å². The average molecular weight is 157 g/mol. The molecule has 11 heavy (non-hydrogen) atoms. The molecule has 0 aromatic rings. The number of aliphatic imine (C=N–C) groups is 1. The van der Waals surface area contributed by atoms with Gasteiger partial charge in [0.1, 0.15) is 5.76 Å². The van der Waals surface area contributed by atoms with Gasteiger partial charge >= 0.3 is 0 Å². The van der Waals surface area contributed by atoms with Gasteiger partial charge < -0.3 is 5.11 Å². The Balaban J connectivity index is 0. The summed E-state index contributed by atoms with van der Waals surface area (Å²) in [5.74, 6) is 0.688. The molecule has 0 atom stereocenters. The quantitative estimate of drug-likeness (QED) is 0.484. The third-order valence-corrected chi connectivity index (χ3v) is 0.646. The lowest BCUT2D eigenvalue weighted by atomic mass is 10.2. The molecule has 0 rings (SSSR count). The number of hydrogen-bond acceptors (Lipinski definition) is 2. The second kappa shape index (κ2) is 9.21. The lowest BCUT2D eigenvalue weighted by Gasteiger charge is -1.88. The predicted molar refractivity (Wildman–Crippen MR) is 51.1 cm³/mol. The zero-order valence-corrected chi connectivity index (χ0v) is 8.13. The molecule has 2 nitrogen and oxygen atoms in total. The van der Waals surface area contributed by atoms with Crippen molar-refractivity contribution in [3.05, 3.63) is 12.0 Å². The highest BCUT2D eigenvalue weighted by atomic mass is 16.3. The first-order valence-electron chi connectivity index (χ1n) is 4.02. The Morgan fingerprint density at radius 3 is 2.09 bits per heavy atom. The van der Waals surface area contributed by atoms with Gasteiger partial charge in [-0.1, -0.05) is 27.7 Å². The number of rotatable bonds is 2. The topological polar surface area (TPSA) is 32.6 Å². The third kappa shape index (κ3) is 17.6. The number of aliphatic hydroxyl groups is 1. The molecular weight excluding hydrogens is 138 g/mol. The maximum absolute atomic E-state index is 8.61. The molecule has 0 saturated carbocycles. The van der Waals surface area contributed by atoms with Crippen LogP contribution in [0.25, 0.3) is 0 Å². The molecule has 0 aliphatic rings. The Labute approximate surface area is 69.7 Å². The maximum atomic E-state index is 8.61. The molecule has 0 bridgehead atoms. The van der Waals surface area contributed by atoms with E-state index in [1.165, 1.54) is 6.20 Å². The van der Waals surface area contributed by atoms with E-state index in [9.17, 15) is 0 Å². The van der Waals surface area contributed by atoms with Crippen LogP contribution in [0.5, 0.6) is 0 Å². The fourth-order valence-electron chi connectivity index (χ4n) is 0.323. The lowest BCUT2D eigenvalue weighted by Crippen LogP contribution is -1.84. The molecule has 66 valence electrons. The van der Waals surface area contributed by atoms with Crippen molar-refractivity contribution in [1.29, 1.82) is 0 Å². The summed E-state index contributed by atoms with van der Waals surface area (Å²) in [6, 6.07) is 0. The van der Waals surface area contributed by atoms with Crippen molar-refractivity contribution in [2.24, 2.45) is 10.9 Å². The van der Waals surface area contributed by atoms with Crippen molar-refractivity contribution in [1.82, 2.24) is 0 Å². The van der Waals surface area contributed by atoms with E-state index in [1.807, 2.05) is 27.7 Å². The Hall–Kier alpha value is -0.790. The summed E-state index contributed by atoms with van der Waals surface area (Å²) in [6.45, 7) is 9.66. The summed E-state index contributed by atoms with van der Waals surface area (Å²) in [7, 11) is 0. The Morgan fingerprint density at radius 2 is 1.82 bits per heavy atom. The van der Waals surface area contributed by atoms with Crippen molar-refractivity contribution < 1.29 is 5.11 Å². The van der Waals surface area contributed by atoms with Gasteiger partial charge in [-0.3, -0.25) is 4.99 Å². The lowest BCUT2D eigenvalue weighted by molar-refractivity contribution is 0.412. The molecule has 0 spiro atoms. The molecule has 0 fully saturated rings. The standard InChI is InChI=1S/C7H13NO.C2H6/c1-6(2)4-8-5-7(3)9;1-2/h4-6,9H,1-3H3;1-2H3/b7-5-,8-4?;. The molecule has 0 unspecified atom stereocenters. The molecule has 0 amide bonds. The molecule has 0 heterocycles. The van der Waals surface area contributed by atoms with Crippen LogP contribution in [0.3, 0.4) is 0 Å². The zero-order valence-electron chi connectivity index (χ0n) is 8.13. The molecule has 0 aliphatic heterocycles. The van der Waals surface area contributed by atoms with Gasteiger partial charge in [0, 0.05) is 6.21 Å². The molecule has 0 aliphatic carbocycles. The van der Waals surface area contributed by atoms with Gasteiger partial charge in [-0.15, -0.1) is 0 Å². The van der Waals surface area contributed by atoms with Crippen molar-refractivity contribution in [2.45, 2.75) is 34.6 Å². The highest BCUT2D eigenvalue weighted by Crippen LogP contribution is 1.88. The molecule has 2 heteroatoms. The normalized spacial score (nSPS) is 11.6. The fourth-order valence-corrected chi connectivity index (χ4v) is 0.323. The van der Waals surface area contributed by atoms with Crippen LogP contribution < -0.4 is 0 Å². The van der Waals surface area contributed by atoms with Crippen LogP contribution in [0.1, 0.15) is 34.6 Å². The monoisotopic (exact) mass is 157 g/mol. The van der Waals surface area contributed by atoms with Crippen LogP contribution in [0.2, 0.25) is 0 Å². The second-order valence-electron chi connectivity index (χ2n) is 2.31. The maximum Gasteiger partial charge on any atom is 0.107 e. The number of allylic oxidation sites excluding steroid dienone is 1. The van der Waals surface area contributed by atoms with Crippen LogP contribution in [-0.4, -0.2) is 11.3 Å². The average Bonchev–Trinajstić information content (AvgIpc) is 1.90. The molecular formula is C9H19NO. The van der Waals surface area contributed by atoms with Crippen molar-refractivity contribution in [3.8, 4) is 0 Å². The highest BCUT2D eigenvalue weighted by molar-refractivity contribution is 5.60. The SMILES string of the molecule is C/C(O)=C/N=CC(C)C.CC. The largest absolute Gasteiger partial charge is 0.511 e. The van der Waals surface area contributed by atoms with E-state index in [-0.39, 0.29) is 5.76 Å². The first kappa shape index (κ1) is 12.8. The minimum Gasteiger partial charge on any atom is -0.511 e. The van der Waals surface area contributed by atoms with E-state index in [4.69, 9.17) is 5.11 Å². The number of hydrogen-bond donors (Lipinski definition) is 1. The van der Waals surface area contributed by atoms with Crippen LogP contribution in [0, 0.1) is 5.92 Å². The minimum absolute atomic E-state index is 0.243. The summed E-state index contributed by atoms with van der Waals surface area (Å²) in [4.78, 5) is 3.83. The fraction of sp³-hybridized carbons (Fsp3) is 0.667. The summed E-state index contributed by atoms with van der Waals surface area (Å²) in [5, 5.41) is 8.61. The molecule has 1 N–H and O–H groups in total. The van der Waals surface area contributed by atoms with Crippen molar-refractivity contribution in [2.75, 3.05) is 0 Å². The number of nitrogens with zero attached hydrogens (tertiary/aromatic N) is 1. The van der Waals surface area contributed by atoms with Crippen LogP contribution in [-0.2, 0) is 0 Å². The zero-order chi connectivity index (χ0) is 9.28. The first-order valence-corrected chi connectivity index (χ1v) is 4.02. The molecule has 0 aromatic carbocycles. The van der Waals surface area contributed by atoms with Crippen molar-refractivity contribution >= 4 is 6.21 Å². The number of aliphatic hydroxyl groups excluding tert-OH is 1. The van der Waals surface area contributed by atoms with E-state index in [0.29, 0.717) is 5.92 Å². The van der Waals surface area contributed by atoms with Crippen LogP contribution in [0.15, 0.2) is 17.0 Å². The van der Waals surface area contributed by atoms with Gasteiger partial charge in [0.15, 0.2) is 0 Å². The van der Waals surface area contributed by atoms with Crippen LogP contribution in [0.4, 0.5) is 0 Å². The molecule has 0 aromatic heterocycles.